The van der Waals surface area contributed by atoms with E-state index in [2.05, 4.69) is 34.9 Å². The Bertz CT molecular complexity index is 1340. The van der Waals surface area contributed by atoms with Crippen molar-refractivity contribution in [3.63, 3.8) is 0 Å². The van der Waals surface area contributed by atoms with Gasteiger partial charge >= 0.3 is 6.09 Å². The van der Waals surface area contributed by atoms with Gasteiger partial charge in [-0.1, -0.05) is 48.5 Å². The molecule has 0 saturated carbocycles. The fraction of sp³-hybridized carbons (Fsp3) is 0.459. The third-order valence-corrected chi connectivity index (χ3v) is 7.39. The van der Waals surface area contributed by atoms with Gasteiger partial charge in [-0.15, -0.1) is 0 Å². The molecule has 12 nitrogen and oxygen atoms in total. The summed E-state index contributed by atoms with van der Waals surface area (Å²) in [4.78, 5) is 23.3. The zero-order valence-electron chi connectivity index (χ0n) is 28.2. The highest BCUT2D eigenvalue weighted by Crippen LogP contribution is 2.44. The third-order valence-electron chi connectivity index (χ3n) is 7.39. The second-order valence-electron chi connectivity index (χ2n) is 11.0. The zero-order valence-corrected chi connectivity index (χ0v) is 28.2. The van der Waals surface area contributed by atoms with Gasteiger partial charge in [0.25, 0.3) is 0 Å². The lowest BCUT2D eigenvalue weighted by atomic mass is 9.98. The van der Waals surface area contributed by atoms with Gasteiger partial charge < -0.3 is 48.5 Å². The molecule has 4 rings (SSSR count). The summed E-state index contributed by atoms with van der Waals surface area (Å²) in [6, 6.07) is 23.7. The predicted molar refractivity (Wildman–Crippen MR) is 184 cm³/mol. The minimum absolute atomic E-state index is 0.0358. The van der Waals surface area contributed by atoms with Crippen molar-refractivity contribution in [2.75, 3.05) is 104 Å². The van der Waals surface area contributed by atoms with Gasteiger partial charge in [-0.2, -0.15) is 0 Å². The van der Waals surface area contributed by atoms with E-state index in [1.165, 1.54) is 29.2 Å². The van der Waals surface area contributed by atoms with Crippen LogP contribution < -0.4 is 15.4 Å². The average Bonchev–Trinajstić information content (AvgIpc) is 3.43. The number of ether oxygens (including phenoxy) is 8. The van der Waals surface area contributed by atoms with Crippen LogP contribution in [0.4, 0.5) is 10.5 Å². The van der Waals surface area contributed by atoms with Crippen molar-refractivity contribution < 1.29 is 47.5 Å². The lowest BCUT2D eigenvalue weighted by Gasteiger charge is -2.14. The molecule has 0 aromatic heterocycles. The first-order valence-electron chi connectivity index (χ1n) is 16.7. The van der Waals surface area contributed by atoms with Crippen LogP contribution in [0.2, 0.25) is 0 Å². The maximum absolute atomic E-state index is 12.2. The number of rotatable bonds is 25. The molecule has 0 saturated heterocycles. The summed E-state index contributed by atoms with van der Waals surface area (Å²) in [5, 5.41) is 5.45. The van der Waals surface area contributed by atoms with Gasteiger partial charge in [0.15, 0.2) is 0 Å². The highest BCUT2D eigenvalue weighted by Gasteiger charge is 2.28. The number of benzene rings is 3. The Hall–Kier alpha value is -4.04. The second-order valence-corrected chi connectivity index (χ2v) is 11.0. The molecule has 0 atom stereocenters. The van der Waals surface area contributed by atoms with Crippen molar-refractivity contribution in [1.29, 1.82) is 0 Å². The maximum atomic E-state index is 12.2. The Labute approximate surface area is 288 Å². The molecule has 1 aliphatic rings. The fourth-order valence-electron chi connectivity index (χ4n) is 5.13. The smallest absolute Gasteiger partial charge is 0.407 e. The van der Waals surface area contributed by atoms with Gasteiger partial charge in [0.05, 0.1) is 79.3 Å². The van der Waals surface area contributed by atoms with E-state index in [1.54, 1.807) is 24.3 Å². The van der Waals surface area contributed by atoms with E-state index in [-0.39, 0.29) is 18.4 Å². The maximum Gasteiger partial charge on any atom is 0.407 e. The Morgan fingerprint density at radius 3 is 1.51 bits per heavy atom. The van der Waals surface area contributed by atoms with Crippen LogP contribution in [0.3, 0.4) is 0 Å². The number of carbonyl (C=O) groups excluding carboxylic acids is 2. The molecule has 0 heterocycles. The largest absolute Gasteiger partial charge is 0.491 e. The zero-order chi connectivity index (χ0) is 34.4. The minimum atomic E-state index is -0.454. The Balaban J connectivity index is 0.850. The van der Waals surface area contributed by atoms with Crippen LogP contribution in [0.15, 0.2) is 72.8 Å². The normalized spacial score (nSPS) is 11.9. The molecule has 0 radical (unpaired) electrons. The third kappa shape index (κ3) is 14.1. The average molecular weight is 681 g/mol. The van der Waals surface area contributed by atoms with Gasteiger partial charge in [0.2, 0.25) is 5.91 Å². The van der Waals surface area contributed by atoms with E-state index in [9.17, 15) is 9.59 Å². The van der Waals surface area contributed by atoms with E-state index in [1.807, 2.05) is 24.3 Å². The predicted octanol–water partition coefficient (Wildman–Crippen LogP) is 4.66. The van der Waals surface area contributed by atoms with Crippen LogP contribution >= 0.6 is 0 Å². The fourth-order valence-corrected chi connectivity index (χ4v) is 5.13. The van der Waals surface area contributed by atoms with Gasteiger partial charge in [0, 0.05) is 25.1 Å². The summed E-state index contributed by atoms with van der Waals surface area (Å²) in [5.74, 6) is 0.636. The summed E-state index contributed by atoms with van der Waals surface area (Å²) in [6.07, 6.45) is -0.454. The molecule has 12 heteroatoms. The molecule has 0 bridgehead atoms. The van der Waals surface area contributed by atoms with E-state index < -0.39 is 6.09 Å². The molecule has 0 aliphatic heterocycles. The minimum Gasteiger partial charge on any atom is -0.491 e. The molecule has 0 unspecified atom stereocenters. The number of alkyl carbamates (subject to hydrolysis) is 1. The van der Waals surface area contributed by atoms with Crippen molar-refractivity contribution in [2.24, 2.45) is 0 Å². The van der Waals surface area contributed by atoms with E-state index in [4.69, 9.17) is 37.9 Å². The standard InChI is InChI=1S/C37H48N2O10/c1-29(40)39-30-10-12-31(13-11-30)48-27-26-47-25-24-46-23-22-45-21-20-44-19-18-43-17-16-42-15-14-38-37(41)49-28-36-34-8-4-2-6-32(34)33-7-3-5-9-35(33)36/h2-13,36H,14-28H2,1H3,(H,38,41)(H,39,40). The van der Waals surface area contributed by atoms with Gasteiger partial charge in [-0.05, 0) is 46.5 Å². The molecular formula is C37H48N2O10. The van der Waals surface area contributed by atoms with Crippen LogP contribution in [0, 0.1) is 0 Å². The van der Waals surface area contributed by atoms with Gasteiger partial charge in [-0.25, -0.2) is 4.79 Å². The van der Waals surface area contributed by atoms with Gasteiger partial charge in [0.1, 0.15) is 19.0 Å². The molecule has 3 aromatic carbocycles. The second kappa shape index (κ2) is 22.6. The first-order valence-corrected chi connectivity index (χ1v) is 16.7. The van der Waals surface area contributed by atoms with Crippen LogP contribution in [-0.2, 0) is 38.0 Å². The van der Waals surface area contributed by atoms with Crippen LogP contribution in [-0.4, -0.2) is 111 Å². The monoisotopic (exact) mass is 680 g/mol. The molecule has 3 aromatic rings. The molecule has 1 aliphatic carbocycles. The molecule has 266 valence electrons. The lowest BCUT2D eigenvalue weighted by molar-refractivity contribution is -0.114. The molecule has 2 N–H and O–H groups in total. The van der Waals surface area contributed by atoms with Crippen molar-refractivity contribution in [3.05, 3.63) is 83.9 Å². The van der Waals surface area contributed by atoms with E-state index >= 15 is 0 Å². The first-order chi connectivity index (χ1) is 24.1. The summed E-state index contributed by atoms with van der Waals surface area (Å²) >= 11 is 0. The Kier molecular flexibility index (Phi) is 17.4. The summed E-state index contributed by atoms with van der Waals surface area (Å²) < 4.78 is 44.1. The number of fused-ring (bicyclic) bond motifs is 3. The lowest BCUT2D eigenvalue weighted by Crippen LogP contribution is -2.29. The number of carbonyl (C=O) groups is 2. The number of nitrogens with one attached hydrogen (secondary N) is 2. The topological polar surface area (TPSA) is 132 Å². The van der Waals surface area contributed by atoms with Crippen molar-refractivity contribution in [1.82, 2.24) is 5.32 Å². The number of amides is 2. The number of hydrogen-bond donors (Lipinski definition) is 2. The molecule has 2 amide bonds. The summed E-state index contributed by atoms with van der Waals surface area (Å²) in [5.41, 5.74) is 5.49. The van der Waals surface area contributed by atoms with Gasteiger partial charge in [-0.3, -0.25) is 4.79 Å². The molecule has 49 heavy (non-hydrogen) atoms. The quantitative estimate of drug-likeness (QED) is 0.122. The molecule has 0 fully saturated rings. The SMILES string of the molecule is CC(=O)Nc1ccc(OCCOCCOCCOCCOCCOCCOCCNC(=O)OCC2c3ccccc3-c3ccccc32)cc1. The van der Waals surface area contributed by atoms with Crippen molar-refractivity contribution >= 4 is 17.7 Å². The highest BCUT2D eigenvalue weighted by atomic mass is 16.6. The van der Waals surface area contributed by atoms with Crippen molar-refractivity contribution in [2.45, 2.75) is 12.8 Å². The van der Waals surface area contributed by atoms with Crippen LogP contribution in [0.1, 0.15) is 24.0 Å². The van der Waals surface area contributed by atoms with Crippen LogP contribution in [0.25, 0.3) is 11.1 Å². The molecule has 0 spiro atoms. The summed E-state index contributed by atoms with van der Waals surface area (Å²) in [7, 11) is 0. The first kappa shape index (κ1) is 37.8. The molecular weight excluding hydrogens is 632 g/mol. The summed E-state index contributed by atoms with van der Waals surface area (Å²) in [6.45, 7) is 7.98. The van der Waals surface area contributed by atoms with Crippen LogP contribution in [0.5, 0.6) is 5.75 Å². The van der Waals surface area contributed by atoms with E-state index in [0.29, 0.717) is 98.2 Å². The van der Waals surface area contributed by atoms with E-state index in [0.717, 1.165) is 5.69 Å². The highest BCUT2D eigenvalue weighted by molar-refractivity contribution is 5.88. The van der Waals surface area contributed by atoms with Crippen molar-refractivity contribution in [3.8, 4) is 16.9 Å². The Morgan fingerprint density at radius 1 is 0.571 bits per heavy atom. The Morgan fingerprint density at radius 2 is 1.02 bits per heavy atom. The number of hydrogen-bond acceptors (Lipinski definition) is 10. The number of anilines is 1.